The second-order valence-electron chi connectivity index (χ2n) is 6.23. The molecule has 0 aromatic heterocycles. The van der Waals surface area contributed by atoms with Crippen molar-refractivity contribution in [2.75, 3.05) is 18.5 Å². The number of fused-ring (bicyclic) bond motifs is 1. The van der Waals surface area contributed by atoms with Crippen molar-refractivity contribution in [3.05, 3.63) is 71.8 Å². The Balaban J connectivity index is 1.64. The Morgan fingerprint density at radius 2 is 1.74 bits per heavy atom. The highest BCUT2D eigenvalue weighted by Gasteiger charge is 2.10. The van der Waals surface area contributed by atoms with Crippen molar-refractivity contribution in [3.8, 4) is 5.75 Å². The first kappa shape index (κ1) is 18.5. The fourth-order valence-electron chi connectivity index (χ4n) is 2.75. The number of amides is 2. The molecule has 0 aliphatic carbocycles. The molecule has 2 amide bonds. The Kier molecular flexibility index (Phi) is 5.71. The SMILES string of the molecule is CCNC(=O)c1ccc(C)c(NC(=O)COc2ccc3ccccc3c2)c1. The van der Waals surface area contributed by atoms with Gasteiger partial charge in [0.2, 0.25) is 0 Å². The molecule has 0 heterocycles. The van der Waals surface area contributed by atoms with Crippen LogP contribution in [0, 0.1) is 6.92 Å². The first-order chi connectivity index (χ1) is 13.1. The second kappa shape index (κ2) is 8.36. The smallest absolute Gasteiger partial charge is 0.262 e. The van der Waals surface area contributed by atoms with Crippen LogP contribution in [0.15, 0.2) is 60.7 Å². The highest BCUT2D eigenvalue weighted by Crippen LogP contribution is 2.21. The topological polar surface area (TPSA) is 67.4 Å². The minimum absolute atomic E-state index is 0.108. The molecule has 0 aliphatic rings. The van der Waals surface area contributed by atoms with Gasteiger partial charge in [0.1, 0.15) is 5.75 Å². The Bertz CT molecular complexity index is 982. The van der Waals surface area contributed by atoms with E-state index in [1.807, 2.05) is 62.4 Å². The Morgan fingerprint density at radius 3 is 2.52 bits per heavy atom. The molecule has 0 radical (unpaired) electrons. The zero-order chi connectivity index (χ0) is 19.2. The van der Waals surface area contributed by atoms with E-state index in [1.54, 1.807) is 12.1 Å². The van der Waals surface area contributed by atoms with Crippen molar-refractivity contribution >= 4 is 28.3 Å². The largest absolute Gasteiger partial charge is 0.484 e. The summed E-state index contributed by atoms with van der Waals surface area (Å²) in [5.74, 6) is 0.191. The number of hydrogen-bond donors (Lipinski definition) is 2. The lowest BCUT2D eigenvalue weighted by Gasteiger charge is -2.12. The lowest BCUT2D eigenvalue weighted by Crippen LogP contribution is -2.24. The molecule has 0 spiro atoms. The number of rotatable bonds is 6. The van der Waals surface area contributed by atoms with Crippen LogP contribution in [0.3, 0.4) is 0 Å². The van der Waals surface area contributed by atoms with Gasteiger partial charge in [-0.15, -0.1) is 0 Å². The van der Waals surface area contributed by atoms with Gasteiger partial charge in [0.15, 0.2) is 6.61 Å². The molecule has 5 heteroatoms. The first-order valence-corrected chi connectivity index (χ1v) is 8.87. The molecule has 0 saturated carbocycles. The number of aryl methyl sites for hydroxylation is 1. The van der Waals surface area contributed by atoms with Gasteiger partial charge in [0.05, 0.1) is 0 Å². The zero-order valence-corrected chi connectivity index (χ0v) is 15.4. The number of ether oxygens (including phenoxy) is 1. The third-order valence-corrected chi connectivity index (χ3v) is 4.20. The van der Waals surface area contributed by atoms with E-state index in [0.717, 1.165) is 16.3 Å². The van der Waals surface area contributed by atoms with Gasteiger partial charge < -0.3 is 15.4 Å². The third kappa shape index (κ3) is 4.64. The number of nitrogens with one attached hydrogen (secondary N) is 2. The summed E-state index contributed by atoms with van der Waals surface area (Å²) in [7, 11) is 0. The maximum atomic E-state index is 12.3. The van der Waals surface area contributed by atoms with Gasteiger partial charge in [-0.1, -0.05) is 36.4 Å². The van der Waals surface area contributed by atoms with Crippen LogP contribution in [0.4, 0.5) is 5.69 Å². The monoisotopic (exact) mass is 362 g/mol. The standard InChI is InChI=1S/C22H22N2O3/c1-3-23-22(26)18-9-8-15(2)20(13-18)24-21(25)14-27-19-11-10-16-6-4-5-7-17(16)12-19/h4-13H,3,14H2,1-2H3,(H,23,26)(H,24,25). The van der Waals surface area contributed by atoms with E-state index in [2.05, 4.69) is 10.6 Å². The first-order valence-electron chi connectivity index (χ1n) is 8.87. The van der Waals surface area contributed by atoms with Gasteiger partial charge in [-0.05, 0) is 54.4 Å². The number of carbonyl (C=O) groups excluding carboxylic acids is 2. The minimum Gasteiger partial charge on any atom is -0.484 e. The molecule has 0 unspecified atom stereocenters. The van der Waals surface area contributed by atoms with Gasteiger partial charge >= 0.3 is 0 Å². The molecule has 5 nitrogen and oxygen atoms in total. The van der Waals surface area contributed by atoms with E-state index < -0.39 is 0 Å². The molecule has 2 N–H and O–H groups in total. The molecule has 0 aliphatic heterocycles. The van der Waals surface area contributed by atoms with Crippen LogP contribution in [0.1, 0.15) is 22.8 Å². The molecule has 27 heavy (non-hydrogen) atoms. The zero-order valence-electron chi connectivity index (χ0n) is 15.4. The van der Waals surface area contributed by atoms with Gasteiger partial charge in [-0.2, -0.15) is 0 Å². The summed E-state index contributed by atoms with van der Waals surface area (Å²) < 4.78 is 5.61. The van der Waals surface area contributed by atoms with Crippen molar-refractivity contribution in [2.24, 2.45) is 0 Å². The summed E-state index contributed by atoms with van der Waals surface area (Å²) in [5.41, 5.74) is 1.99. The van der Waals surface area contributed by atoms with Crippen molar-refractivity contribution < 1.29 is 14.3 Å². The van der Waals surface area contributed by atoms with Crippen LogP contribution in [0.2, 0.25) is 0 Å². The van der Waals surface area contributed by atoms with Gasteiger partial charge in [0, 0.05) is 17.8 Å². The van der Waals surface area contributed by atoms with Crippen molar-refractivity contribution in [2.45, 2.75) is 13.8 Å². The summed E-state index contributed by atoms with van der Waals surface area (Å²) >= 11 is 0. The fraction of sp³-hybridized carbons (Fsp3) is 0.182. The van der Waals surface area contributed by atoms with Crippen molar-refractivity contribution in [3.63, 3.8) is 0 Å². The number of anilines is 1. The maximum Gasteiger partial charge on any atom is 0.262 e. The highest BCUT2D eigenvalue weighted by atomic mass is 16.5. The molecule has 138 valence electrons. The van der Waals surface area contributed by atoms with Gasteiger partial charge in [-0.25, -0.2) is 0 Å². The van der Waals surface area contributed by atoms with E-state index >= 15 is 0 Å². The van der Waals surface area contributed by atoms with Crippen molar-refractivity contribution in [1.82, 2.24) is 5.32 Å². The molecule has 3 rings (SSSR count). The number of hydrogen-bond acceptors (Lipinski definition) is 3. The molecule has 0 atom stereocenters. The average molecular weight is 362 g/mol. The normalized spacial score (nSPS) is 10.4. The average Bonchev–Trinajstić information content (AvgIpc) is 2.68. The highest BCUT2D eigenvalue weighted by molar-refractivity contribution is 5.98. The molecular weight excluding hydrogens is 340 g/mol. The van der Waals surface area contributed by atoms with Crippen LogP contribution in [-0.2, 0) is 4.79 Å². The molecular formula is C22H22N2O3. The summed E-state index contributed by atoms with van der Waals surface area (Å²) in [6, 6.07) is 18.9. The van der Waals surface area contributed by atoms with Crippen LogP contribution in [-0.4, -0.2) is 25.0 Å². The van der Waals surface area contributed by atoms with Gasteiger partial charge in [-0.3, -0.25) is 9.59 Å². The molecule has 3 aromatic carbocycles. The third-order valence-electron chi connectivity index (χ3n) is 4.20. The predicted octanol–water partition coefficient (Wildman–Crippen LogP) is 3.92. The summed E-state index contributed by atoms with van der Waals surface area (Å²) in [4.78, 5) is 24.2. The minimum atomic E-state index is -0.278. The van der Waals surface area contributed by atoms with E-state index in [9.17, 15) is 9.59 Å². The van der Waals surface area contributed by atoms with E-state index in [1.165, 1.54) is 0 Å². The Labute approximate surface area is 158 Å². The maximum absolute atomic E-state index is 12.3. The Morgan fingerprint density at radius 1 is 0.963 bits per heavy atom. The number of carbonyl (C=O) groups is 2. The van der Waals surface area contributed by atoms with Crippen LogP contribution >= 0.6 is 0 Å². The second-order valence-corrected chi connectivity index (χ2v) is 6.23. The number of benzene rings is 3. The predicted molar refractivity (Wildman–Crippen MR) is 107 cm³/mol. The molecule has 0 bridgehead atoms. The lowest BCUT2D eigenvalue weighted by atomic mass is 10.1. The van der Waals surface area contributed by atoms with Crippen LogP contribution < -0.4 is 15.4 Å². The lowest BCUT2D eigenvalue weighted by molar-refractivity contribution is -0.118. The van der Waals surface area contributed by atoms with E-state index in [-0.39, 0.29) is 18.4 Å². The fourth-order valence-corrected chi connectivity index (χ4v) is 2.75. The quantitative estimate of drug-likeness (QED) is 0.698. The molecule has 3 aromatic rings. The Hall–Kier alpha value is -3.34. The van der Waals surface area contributed by atoms with Crippen LogP contribution in [0.5, 0.6) is 5.75 Å². The van der Waals surface area contributed by atoms with Crippen molar-refractivity contribution in [1.29, 1.82) is 0 Å². The van der Waals surface area contributed by atoms with Gasteiger partial charge in [0.25, 0.3) is 11.8 Å². The molecule has 0 saturated heterocycles. The van der Waals surface area contributed by atoms with E-state index in [4.69, 9.17) is 4.74 Å². The summed E-state index contributed by atoms with van der Waals surface area (Å²) in [5, 5.41) is 7.73. The van der Waals surface area contributed by atoms with E-state index in [0.29, 0.717) is 23.5 Å². The molecule has 0 fully saturated rings. The summed E-state index contributed by atoms with van der Waals surface area (Å²) in [6.45, 7) is 4.18. The van der Waals surface area contributed by atoms with Crippen LogP contribution in [0.25, 0.3) is 10.8 Å². The summed E-state index contributed by atoms with van der Waals surface area (Å²) in [6.07, 6.45) is 0.